The van der Waals surface area contributed by atoms with E-state index >= 15 is 0 Å². The first kappa shape index (κ1) is 14.0. The van der Waals surface area contributed by atoms with Crippen LogP contribution in [0.1, 0.15) is 0 Å². The maximum atomic E-state index is 11.7. The number of hydrogen-bond donors (Lipinski definition) is 2. The maximum Gasteiger partial charge on any atom is 0.409 e. The highest BCUT2D eigenvalue weighted by molar-refractivity contribution is 5.87. The fourth-order valence-electron chi connectivity index (χ4n) is 1.07. The molecule has 7 heteroatoms. The van der Waals surface area contributed by atoms with Gasteiger partial charge in [-0.3, -0.25) is 4.79 Å². The predicted molar refractivity (Wildman–Crippen MR) is 60.9 cm³/mol. The molecular formula is C11H12F3N3O. The molecule has 1 rings (SSSR count). The number of alkyl halides is 3. The Bertz CT molecular complexity index is 404. The number of aromatic nitrogens is 1. The van der Waals surface area contributed by atoms with Crippen molar-refractivity contribution in [2.45, 2.75) is 6.18 Å². The second-order valence-electron chi connectivity index (χ2n) is 3.31. The monoisotopic (exact) mass is 259 g/mol. The van der Waals surface area contributed by atoms with Gasteiger partial charge in [0.05, 0.1) is 0 Å². The van der Waals surface area contributed by atoms with Crippen molar-refractivity contribution in [3.8, 4) is 0 Å². The third kappa shape index (κ3) is 6.51. The van der Waals surface area contributed by atoms with Gasteiger partial charge < -0.3 is 10.6 Å². The fourth-order valence-corrected chi connectivity index (χ4v) is 1.07. The van der Waals surface area contributed by atoms with Crippen LogP contribution in [-0.2, 0) is 4.79 Å². The first-order valence-electron chi connectivity index (χ1n) is 5.16. The first-order valence-corrected chi connectivity index (χ1v) is 5.16. The van der Waals surface area contributed by atoms with Crippen LogP contribution in [-0.4, -0.2) is 30.2 Å². The van der Waals surface area contributed by atoms with Crippen molar-refractivity contribution in [2.75, 3.05) is 18.4 Å². The molecule has 0 aromatic carbocycles. The number of rotatable bonds is 5. The highest BCUT2D eigenvalue weighted by Crippen LogP contribution is 2.15. The van der Waals surface area contributed by atoms with Gasteiger partial charge in [-0.05, 0) is 12.1 Å². The molecule has 1 amide bonds. The molecule has 0 aliphatic rings. The number of carbonyl (C=O) groups excluding carboxylic acids is 1. The van der Waals surface area contributed by atoms with Gasteiger partial charge in [0.25, 0.3) is 0 Å². The normalized spacial score (nSPS) is 11.5. The molecular weight excluding hydrogens is 247 g/mol. The van der Waals surface area contributed by atoms with E-state index in [0.717, 1.165) is 0 Å². The average molecular weight is 259 g/mol. The van der Waals surface area contributed by atoms with Gasteiger partial charge in [-0.2, -0.15) is 13.2 Å². The zero-order chi connectivity index (χ0) is 13.4. The largest absolute Gasteiger partial charge is 0.409 e. The summed E-state index contributed by atoms with van der Waals surface area (Å²) in [7, 11) is 0. The van der Waals surface area contributed by atoms with Gasteiger partial charge >= 0.3 is 6.18 Å². The van der Waals surface area contributed by atoms with Crippen molar-refractivity contribution < 1.29 is 18.0 Å². The van der Waals surface area contributed by atoms with Crippen LogP contribution in [0.4, 0.5) is 19.0 Å². The van der Waals surface area contributed by atoms with E-state index in [1.165, 1.54) is 0 Å². The summed E-state index contributed by atoms with van der Waals surface area (Å²) < 4.78 is 35.2. The molecule has 0 bridgehead atoms. The van der Waals surface area contributed by atoms with E-state index in [0.29, 0.717) is 18.4 Å². The van der Waals surface area contributed by atoms with Crippen LogP contribution >= 0.6 is 0 Å². The zero-order valence-corrected chi connectivity index (χ0v) is 9.37. The van der Waals surface area contributed by atoms with Crippen molar-refractivity contribution in [1.29, 1.82) is 0 Å². The van der Waals surface area contributed by atoms with Crippen LogP contribution in [0.25, 0.3) is 0 Å². The quantitative estimate of drug-likeness (QED) is 0.625. The van der Waals surface area contributed by atoms with E-state index in [9.17, 15) is 18.0 Å². The molecule has 0 aliphatic heterocycles. The minimum Gasteiger partial charge on any atom is -0.368 e. The second-order valence-corrected chi connectivity index (χ2v) is 3.31. The van der Waals surface area contributed by atoms with Crippen molar-refractivity contribution in [3.63, 3.8) is 0 Å². The molecule has 0 unspecified atom stereocenters. The first-order chi connectivity index (χ1) is 8.47. The maximum absolute atomic E-state index is 11.7. The Kier molecular flexibility index (Phi) is 5.16. The lowest BCUT2D eigenvalue weighted by atomic mass is 10.4. The number of pyridine rings is 1. The Morgan fingerprint density at radius 2 is 2.11 bits per heavy atom. The molecule has 18 heavy (non-hydrogen) atoms. The fraction of sp³-hybridized carbons (Fsp3) is 0.273. The molecule has 0 radical (unpaired) electrons. The van der Waals surface area contributed by atoms with Gasteiger partial charge in [0.15, 0.2) is 0 Å². The van der Waals surface area contributed by atoms with E-state index in [2.05, 4.69) is 15.6 Å². The number of amides is 1. The minimum absolute atomic E-state index is 0.103. The third-order valence-electron chi connectivity index (χ3n) is 1.82. The van der Waals surface area contributed by atoms with Gasteiger partial charge in [0, 0.05) is 31.4 Å². The molecule has 0 saturated carbocycles. The molecule has 1 aromatic rings. The summed E-state index contributed by atoms with van der Waals surface area (Å²) in [6.45, 7) is 0.584. The van der Waals surface area contributed by atoms with E-state index in [-0.39, 0.29) is 12.6 Å². The topological polar surface area (TPSA) is 54.0 Å². The van der Waals surface area contributed by atoms with Gasteiger partial charge in [0.1, 0.15) is 5.82 Å². The highest BCUT2D eigenvalue weighted by Gasteiger charge is 2.22. The summed E-state index contributed by atoms with van der Waals surface area (Å²) in [6.07, 6.45) is -2.51. The van der Waals surface area contributed by atoms with E-state index < -0.39 is 12.1 Å². The van der Waals surface area contributed by atoms with Crippen LogP contribution in [0, 0.1) is 0 Å². The smallest absolute Gasteiger partial charge is 0.368 e. The van der Waals surface area contributed by atoms with Crippen LogP contribution in [0.15, 0.2) is 36.5 Å². The van der Waals surface area contributed by atoms with Crippen molar-refractivity contribution >= 4 is 11.7 Å². The van der Waals surface area contributed by atoms with Crippen LogP contribution in [0.5, 0.6) is 0 Å². The SMILES string of the molecule is O=C(/C=C/C(F)(F)F)NCCNc1ccccn1. The predicted octanol–water partition coefficient (Wildman–Crippen LogP) is 1.73. The van der Waals surface area contributed by atoms with E-state index in [1.807, 2.05) is 0 Å². The Morgan fingerprint density at radius 3 is 2.72 bits per heavy atom. The van der Waals surface area contributed by atoms with Gasteiger partial charge in [-0.15, -0.1) is 0 Å². The van der Waals surface area contributed by atoms with Crippen LogP contribution in [0.2, 0.25) is 0 Å². The van der Waals surface area contributed by atoms with E-state index in [4.69, 9.17) is 0 Å². The summed E-state index contributed by atoms with van der Waals surface area (Å²) in [6, 6.07) is 5.29. The van der Waals surface area contributed by atoms with Crippen LogP contribution < -0.4 is 10.6 Å². The lowest BCUT2D eigenvalue weighted by Gasteiger charge is -2.05. The Labute approximate surface area is 102 Å². The van der Waals surface area contributed by atoms with Crippen LogP contribution in [0.3, 0.4) is 0 Å². The lowest BCUT2D eigenvalue weighted by molar-refractivity contribution is -0.117. The van der Waals surface area contributed by atoms with E-state index in [1.54, 1.807) is 24.4 Å². The number of allylic oxidation sites excluding steroid dienone is 1. The number of nitrogens with one attached hydrogen (secondary N) is 2. The molecule has 0 spiro atoms. The highest BCUT2D eigenvalue weighted by atomic mass is 19.4. The average Bonchev–Trinajstić information content (AvgIpc) is 2.33. The molecule has 1 aromatic heterocycles. The number of halogens is 3. The van der Waals surface area contributed by atoms with Crippen molar-refractivity contribution in [2.24, 2.45) is 0 Å². The number of carbonyl (C=O) groups is 1. The number of nitrogens with zero attached hydrogens (tertiary/aromatic N) is 1. The molecule has 0 aliphatic carbocycles. The summed E-state index contributed by atoms with van der Waals surface area (Å²) in [4.78, 5) is 14.9. The minimum atomic E-state index is -4.47. The van der Waals surface area contributed by atoms with Gasteiger partial charge in [-0.1, -0.05) is 6.07 Å². The molecule has 1 heterocycles. The van der Waals surface area contributed by atoms with Gasteiger partial charge in [0.2, 0.25) is 5.91 Å². The zero-order valence-electron chi connectivity index (χ0n) is 9.37. The van der Waals surface area contributed by atoms with Crippen molar-refractivity contribution in [3.05, 3.63) is 36.5 Å². The summed E-state index contributed by atoms with van der Waals surface area (Å²) in [5.41, 5.74) is 0. The number of hydrogen-bond acceptors (Lipinski definition) is 3. The third-order valence-corrected chi connectivity index (χ3v) is 1.82. The summed E-state index contributed by atoms with van der Waals surface area (Å²) >= 11 is 0. The molecule has 4 nitrogen and oxygen atoms in total. The van der Waals surface area contributed by atoms with Crippen molar-refractivity contribution in [1.82, 2.24) is 10.3 Å². The Hall–Kier alpha value is -2.05. The molecule has 0 fully saturated rings. The molecule has 0 saturated heterocycles. The molecule has 0 atom stereocenters. The standard InChI is InChI=1S/C11H12F3N3O/c12-11(13,14)5-4-10(18)17-8-7-16-9-3-1-2-6-15-9/h1-6H,7-8H2,(H,15,16)(H,17,18)/b5-4+. The second kappa shape index (κ2) is 6.63. The Morgan fingerprint density at radius 1 is 1.33 bits per heavy atom. The lowest BCUT2D eigenvalue weighted by Crippen LogP contribution is -2.27. The van der Waals surface area contributed by atoms with Gasteiger partial charge in [-0.25, -0.2) is 4.98 Å². The molecule has 98 valence electrons. The molecule has 2 N–H and O–H groups in total. The number of anilines is 1. The Balaban J connectivity index is 2.19. The summed E-state index contributed by atoms with van der Waals surface area (Å²) in [5, 5.41) is 5.21. The summed E-state index contributed by atoms with van der Waals surface area (Å²) in [5.74, 6) is -0.146.